The predicted octanol–water partition coefficient (Wildman–Crippen LogP) is 3.36. The predicted molar refractivity (Wildman–Crippen MR) is 80.6 cm³/mol. The lowest BCUT2D eigenvalue weighted by molar-refractivity contribution is 0.291. The number of halogens is 1. The van der Waals surface area contributed by atoms with E-state index in [0.29, 0.717) is 24.6 Å². The first-order valence-corrected chi connectivity index (χ1v) is 6.80. The second-order valence-corrected chi connectivity index (χ2v) is 4.77. The molecule has 108 valence electrons. The van der Waals surface area contributed by atoms with Crippen LogP contribution in [0.15, 0.2) is 42.5 Å². The zero-order valence-electron chi connectivity index (χ0n) is 11.7. The van der Waals surface area contributed by atoms with Gasteiger partial charge in [-0.15, -0.1) is 0 Å². The Balaban J connectivity index is 1.90. The topological polar surface area (TPSA) is 53.1 Å². The lowest BCUT2D eigenvalue weighted by Crippen LogP contribution is -2.06. The summed E-state index contributed by atoms with van der Waals surface area (Å²) < 4.78 is 21.0. The molecule has 0 saturated heterocycles. The molecule has 5 heteroatoms. The van der Waals surface area contributed by atoms with E-state index in [1.165, 1.54) is 12.1 Å². The highest BCUT2D eigenvalue weighted by Crippen LogP contribution is 2.20. The SMILES string of the molecule is CCn1c(COc2cccc(N)c2)nc2ccc(F)cc21. The first-order chi connectivity index (χ1) is 10.2. The third kappa shape index (κ3) is 2.67. The fraction of sp³-hybridized carbons (Fsp3) is 0.188. The van der Waals surface area contributed by atoms with Crippen molar-refractivity contribution in [1.29, 1.82) is 0 Å². The molecule has 1 aromatic heterocycles. The van der Waals surface area contributed by atoms with E-state index in [2.05, 4.69) is 4.98 Å². The van der Waals surface area contributed by atoms with Gasteiger partial charge in [-0.3, -0.25) is 0 Å². The molecule has 0 amide bonds. The number of nitrogens with zero attached hydrogens (tertiary/aromatic N) is 2. The van der Waals surface area contributed by atoms with Crippen molar-refractivity contribution in [2.75, 3.05) is 5.73 Å². The summed E-state index contributed by atoms with van der Waals surface area (Å²) >= 11 is 0. The summed E-state index contributed by atoms with van der Waals surface area (Å²) in [5.74, 6) is 1.19. The second-order valence-electron chi connectivity index (χ2n) is 4.77. The molecule has 0 saturated carbocycles. The highest BCUT2D eigenvalue weighted by atomic mass is 19.1. The van der Waals surface area contributed by atoms with Gasteiger partial charge in [0.15, 0.2) is 0 Å². The molecule has 0 fully saturated rings. The maximum atomic E-state index is 13.4. The van der Waals surface area contributed by atoms with Crippen LogP contribution < -0.4 is 10.5 Å². The average Bonchev–Trinajstić information content (AvgIpc) is 2.82. The Kier molecular flexibility index (Phi) is 3.48. The van der Waals surface area contributed by atoms with Crippen LogP contribution in [0, 0.1) is 5.82 Å². The van der Waals surface area contributed by atoms with Gasteiger partial charge >= 0.3 is 0 Å². The molecule has 0 aliphatic rings. The molecule has 0 spiro atoms. The van der Waals surface area contributed by atoms with Gasteiger partial charge < -0.3 is 15.0 Å². The minimum atomic E-state index is -0.264. The minimum Gasteiger partial charge on any atom is -0.486 e. The van der Waals surface area contributed by atoms with Gasteiger partial charge in [0.25, 0.3) is 0 Å². The first kappa shape index (κ1) is 13.4. The van der Waals surface area contributed by atoms with Gasteiger partial charge in [-0.2, -0.15) is 0 Å². The minimum absolute atomic E-state index is 0.264. The number of nitrogens with two attached hydrogens (primary N) is 1. The molecule has 21 heavy (non-hydrogen) atoms. The zero-order chi connectivity index (χ0) is 14.8. The molecule has 4 nitrogen and oxygen atoms in total. The van der Waals surface area contributed by atoms with Gasteiger partial charge in [0.2, 0.25) is 0 Å². The number of aryl methyl sites for hydroxylation is 1. The molecule has 3 aromatic rings. The Hall–Kier alpha value is -2.56. The van der Waals surface area contributed by atoms with Crippen LogP contribution in [0.4, 0.5) is 10.1 Å². The van der Waals surface area contributed by atoms with Crippen LogP contribution in [-0.2, 0) is 13.2 Å². The summed E-state index contributed by atoms with van der Waals surface area (Å²) in [7, 11) is 0. The Labute approximate surface area is 122 Å². The number of benzene rings is 2. The fourth-order valence-corrected chi connectivity index (χ4v) is 2.36. The molecule has 0 atom stereocenters. The van der Waals surface area contributed by atoms with Crippen molar-refractivity contribution in [2.45, 2.75) is 20.1 Å². The molecule has 0 aliphatic heterocycles. The van der Waals surface area contributed by atoms with Gasteiger partial charge in [-0.05, 0) is 37.3 Å². The number of nitrogen functional groups attached to an aromatic ring is 1. The third-order valence-electron chi connectivity index (χ3n) is 3.33. The number of ether oxygens (including phenoxy) is 1. The summed E-state index contributed by atoms with van der Waals surface area (Å²) in [5.41, 5.74) is 7.92. The number of aromatic nitrogens is 2. The summed E-state index contributed by atoms with van der Waals surface area (Å²) in [6, 6.07) is 11.8. The molecular weight excluding hydrogens is 269 g/mol. The van der Waals surface area contributed by atoms with Gasteiger partial charge in [0.1, 0.15) is 24.0 Å². The van der Waals surface area contributed by atoms with E-state index < -0.39 is 0 Å². The highest BCUT2D eigenvalue weighted by molar-refractivity contribution is 5.76. The van der Waals surface area contributed by atoms with Gasteiger partial charge in [-0.1, -0.05) is 6.07 Å². The number of imidazole rings is 1. The first-order valence-electron chi connectivity index (χ1n) is 6.80. The molecular formula is C16H16FN3O. The Morgan fingerprint density at radius 3 is 2.86 bits per heavy atom. The molecule has 0 aliphatic carbocycles. The van der Waals surface area contributed by atoms with Crippen molar-refractivity contribution < 1.29 is 9.13 Å². The van der Waals surface area contributed by atoms with Crippen molar-refractivity contribution in [2.24, 2.45) is 0 Å². The van der Waals surface area contributed by atoms with E-state index in [1.54, 1.807) is 18.2 Å². The van der Waals surface area contributed by atoms with Crippen LogP contribution in [0.2, 0.25) is 0 Å². The third-order valence-corrected chi connectivity index (χ3v) is 3.33. The van der Waals surface area contributed by atoms with Crippen molar-refractivity contribution in [3.8, 4) is 5.75 Å². The highest BCUT2D eigenvalue weighted by Gasteiger charge is 2.11. The van der Waals surface area contributed by atoms with Crippen LogP contribution in [0.1, 0.15) is 12.7 Å². The average molecular weight is 285 g/mol. The molecule has 3 rings (SSSR count). The number of hydrogen-bond donors (Lipinski definition) is 1. The second kappa shape index (κ2) is 5.44. The number of hydrogen-bond acceptors (Lipinski definition) is 3. The van der Waals surface area contributed by atoms with Crippen LogP contribution in [0.25, 0.3) is 11.0 Å². The largest absolute Gasteiger partial charge is 0.486 e. The van der Waals surface area contributed by atoms with Crippen LogP contribution in [0.3, 0.4) is 0 Å². The van der Waals surface area contributed by atoms with E-state index in [1.807, 2.05) is 23.6 Å². The Morgan fingerprint density at radius 2 is 2.10 bits per heavy atom. The van der Waals surface area contributed by atoms with Crippen molar-refractivity contribution in [3.05, 3.63) is 54.1 Å². The molecule has 0 bridgehead atoms. The normalized spacial score (nSPS) is 11.0. The molecule has 2 aromatic carbocycles. The number of fused-ring (bicyclic) bond motifs is 1. The summed E-state index contributed by atoms with van der Waals surface area (Å²) in [4.78, 5) is 4.50. The molecule has 0 unspecified atom stereocenters. The zero-order valence-corrected chi connectivity index (χ0v) is 11.7. The van der Waals surface area contributed by atoms with Crippen LogP contribution >= 0.6 is 0 Å². The van der Waals surface area contributed by atoms with Crippen molar-refractivity contribution in [1.82, 2.24) is 9.55 Å². The maximum absolute atomic E-state index is 13.4. The van der Waals surface area contributed by atoms with Crippen molar-refractivity contribution >= 4 is 16.7 Å². The summed E-state index contributed by atoms with van der Waals surface area (Å²) in [5, 5.41) is 0. The molecule has 0 radical (unpaired) electrons. The van der Waals surface area contributed by atoms with E-state index in [9.17, 15) is 4.39 Å². The molecule has 1 heterocycles. The van der Waals surface area contributed by atoms with Gasteiger partial charge in [0.05, 0.1) is 11.0 Å². The molecule has 2 N–H and O–H groups in total. The Bertz CT molecular complexity index is 782. The quantitative estimate of drug-likeness (QED) is 0.748. The van der Waals surface area contributed by atoms with E-state index in [-0.39, 0.29) is 5.82 Å². The monoisotopic (exact) mass is 285 g/mol. The lowest BCUT2D eigenvalue weighted by atomic mass is 10.3. The lowest BCUT2D eigenvalue weighted by Gasteiger charge is -2.08. The summed E-state index contributed by atoms with van der Waals surface area (Å²) in [6.45, 7) is 3.01. The number of anilines is 1. The van der Waals surface area contributed by atoms with Crippen LogP contribution in [-0.4, -0.2) is 9.55 Å². The van der Waals surface area contributed by atoms with E-state index in [0.717, 1.165) is 16.9 Å². The Morgan fingerprint density at radius 1 is 1.24 bits per heavy atom. The van der Waals surface area contributed by atoms with Crippen LogP contribution in [0.5, 0.6) is 5.75 Å². The number of rotatable bonds is 4. The summed E-state index contributed by atoms with van der Waals surface area (Å²) in [6.07, 6.45) is 0. The van der Waals surface area contributed by atoms with E-state index in [4.69, 9.17) is 10.5 Å². The van der Waals surface area contributed by atoms with Gasteiger partial charge in [-0.25, -0.2) is 9.37 Å². The standard InChI is InChI=1S/C16H16FN3O/c1-2-20-15-8-11(17)6-7-14(15)19-16(20)10-21-13-5-3-4-12(18)9-13/h3-9H,2,10,18H2,1H3. The van der Waals surface area contributed by atoms with Gasteiger partial charge in [0, 0.05) is 18.3 Å². The van der Waals surface area contributed by atoms with Crippen molar-refractivity contribution in [3.63, 3.8) is 0 Å². The maximum Gasteiger partial charge on any atom is 0.147 e. The smallest absolute Gasteiger partial charge is 0.147 e. The fourth-order valence-electron chi connectivity index (χ4n) is 2.36. The van der Waals surface area contributed by atoms with E-state index >= 15 is 0 Å².